The van der Waals surface area contributed by atoms with Crippen LogP contribution in [-0.2, 0) is 12.8 Å². The third-order valence-corrected chi connectivity index (χ3v) is 1.72. The number of halogens is 6. The smallest absolute Gasteiger partial charge is 0.390 e. The fourth-order valence-corrected chi connectivity index (χ4v) is 1.13. The van der Waals surface area contributed by atoms with Crippen molar-refractivity contribution < 1.29 is 36.2 Å². The van der Waals surface area contributed by atoms with Gasteiger partial charge < -0.3 is 14.8 Å². The highest BCUT2D eigenvalue weighted by molar-refractivity contribution is 5.31. The summed E-state index contributed by atoms with van der Waals surface area (Å²) >= 11 is 0. The van der Waals surface area contributed by atoms with Crippen LogP contribution >= 0.6 is 0 Å². The summed E-state index contributed by atoms with van der Waals surface area (Å²) < 4.78 is 76.0. The van der Waals surface area contributed by atoms with Gasteiger partial charge in [-0.3, -0.25) is 4.79 Å². The van der Waals surface area contributed by atoms with Crippen LogP contribution in [0.15, 0.2) is 10.9 Å². The molecule has 0 aliphatic heterocycles. The van der Waals surface area contributed by atoms with E-state index in [1.54, 1.807) is 4.98 Å². The van der Waals surface area contributed by atoms with Crippen molar-refractivity contribution >= 4 is 0 Å². The summed E-state index contributed by atoms with van der Waals surface area (Å²) in [6.07, 6.45) is -10.7. The van der Waals surface area contributed by atoms with Crippen LogP contribution in [0.1, 0.15) is 11.3 Å². The molecule has 0 aliphatic rings. The first kappa shape index (κ1) is 14.4. The molecule has 0 saturated carbocycles. The second-order valence-corrected chi connectivity index (χ2v) is 3.07. The van der Waals surface area contributed by atoms with Gasteiger partial charge in [0, 0.05) is 11.8 Å². The number of aromatic nitrogens is 1. The highest BCUT2D eigenvalue weighted by Crippen LogP contribution is 2.34. The quantitative estimate of drug-likeness (QED) is 0.810. The molecule has 4 nitrogen and oxygen atoms in total. The lowest BCUT2D eigenvalue weighted by Gasteiger charge is -2.15. The Kier molecular flexibility index (Phi) is 3.60. The highest BCUT2D eigenvalue weighted by atomic mass is 19.4. The normalized spacial score (nSPS) is 12.6. The van der Waals surface area contributed by atoms with Crippen LogP contribution in [-0.4, -0.2) is 16.5 Å². The van der Waals surface area contributed by atoms with E-state index in [0.717, 1.165) is 0 Å². The maximum absolute atomic E-state index is 12.4. The first-order valence-corrected chi connectivity index (χ1v) is 4.24. The standard InChI is InChI=1S/C8H5F6NO3/c9-7(10,11)5-4(17)1-3(2-16)15-6(5)18-8(12,13)14/h1,16H,2H2,(H,15,17). The Bertz CT molecular complexity index is 489. The number of pyridine rings is 1. The highest BCUT2D eigenvalue weighted by Gasteiger charge is 2.42. The van der Waals surface area contributed by atoms with Gasteiger partial charge in [-0.1, -0.05) is 0 Å². The van der Waals surface area contributed by atoms with Crippen molar-refractivity contribution in [3.8, 4) is 5.88 Å². The number of aromatic amines is 1. The molecule has 0 aromatic carbocycles. The van der Waals surface area contributed by atoms with E-state index in [-0.39, 0.29) is 0 Å². The lowest BCUT2D eigenvalue weighted by atomic mass is 10.2. The molecule has 0 spiro atoms. The SMILES string of the molecule is O=c1cc(CO)[nH]c(OC(F)(F)F)c1C(F)(F)F. The Morgan fingerprint density at radius 3 is 2.17 bits per heavy atom. The number of alkyl halides is 6. The lowest BCUT2D eigenvalue weighted by Crippen LogP contribution is -2.27. The zero-order chi connectivity index (χ0) is 14.1. The molecular formula is C8H5F6NO3. The molecule has 0 saturated heterocycles. The van der Waals surface area contributed by atoms with Crippen LogP contribution in [0.5, 0.6) is 5.88 Å². The molecule has 18 heavy (non-hydrogen) atoms. The Labute approximate surface area is 94.8 Å². The molecule has 10 heteroatoms. The molecule has 0 bridgehead atoms. The molecule has 1 aromatic heterocycles. The van der Waals surface area contributed by atoms with E-state index in [2.05, 4.69) is 4.74 Å². The molecule has 0 aliphatic carbocycles. The number of H-pyrrole nitrogens is 1. The Morgan fingerprint density at radius 1 is 1.22 bits per heavy atom. The Balaban J connectivity index is 3.44. The summed E-state index contributed by atoms with van der Waals surface area (Å²) in [5, 5.41) is 8.59. The van der Waals surface area contributed by atoms with Crippen molar-refractivity contribution in [1.82, 2.24) is 4.98 Å². The minimum atomic E-state index is -5.41. The van der Waals surface area contributed by atoms with E-state index < -0.39 is 41.7 Å². The van der Waals surface area contributed by atoms with Gasteiger partial charge in [0.2, 0.25) is 5.88 Å². The van der Waals surface area contributed by atoms with Gasteiger partial charge >= 0.3 is 12.5 Å². The number of nitrogens with one attached hydrogen (secondary N) is 1. The molecule has 1 aromatic rings. The van der Waals surface area contributed by atoms with Gasteiger partial charge in [-0.05, 0) is 0 Å². The van der Waals surface area contributed by atoms with Gasteiger partial charge in [0.15, 0.2) is 11.0 Å². The van der Waals surface area contributed by atoms with Crippen molar-refractivity contribution in [2.75, 3.05) is 0 Å². The Hall–Kier alpha value is -1.71. The minimum absolute atomic E-state index is 0.339. The molecule has 0 atom stereocenters. The number of aliphatic hydroxyl groups is 1. The van der Waals surface area contributed by atoms with E-state index >= 15 is 0 Å². The van der Waals surface area contributed by atoms with Crippen molar-refractivity contribution in [3.05, 3.63) is 27.5 Å². The van der Waals surface area contributed by atoms with E-state index in [1.165, 1.54) is 0 Å². The molecule has 0 unspecified atom stereocenters. The average molecular weight is 277 g/mol. The number of hydrogen-bond acceptors (Lipinski definition) is 3. The van der Waals surface area contributed by atoms with Gasteiger partial charge in [0.25, 0.3) is 0 Å². The van der Waals surface area contributed by atoms with Crippen LogP contribution in [0, 0.1) is 0 Å². The van der Waals surface area contributed by atoms with Gasteiger partial charge in [-0.15, -0.1) is 13.2 Å². The van der Waals surface area contributed by atoms with Crippen molar-refractivity contribution in [3.63, 3.8) is 0 Å². The molecule has 0 amide bonds. The predicted molar refractivity (Wildman–Crippen MR) is 44.7 cm³/mol. The fraction of sp³-hybridized carbons (Fsp3) is 0.375. The molecular weight excluding hydrogens is 272 g/mol. The van der Waals surface area contributed by atoms with E-state index in [4.69, 9.17) is 5.11 Å². The molecule has 2 N–H and O–H groups in total. The molecule has 102 valence electrons. The zero-order valence-electron chi connectivity index (χ0n) is 8.32. The number of rotatable bonds is 2. The third kappa shape index (κ3) is 3.39. The average Bonchev–Trinajstić information content (AvgIpc) is 2.11. The number of aliphatic hydroxyl groups excluding tert-OH is 1. The van der Waals surface area contributed by atoms with Gasteiger partial charge in [-0.25, -0.2) is 0 Å². The van der Waals surface area contributed by atoms with Crippen molar-refractivity contribution in [2.24, 2.45) is 0 Å². The summed E-state index contributed by atoms with van der Waals surface area (Å²) in [4.78, 5) is 12.6. The van der Waals surface area contributed by atoms with Gasteiger partial charge in [0.1, 0.15) is 0 Å². The lowest BCUT2D eigenvalue weighted by molar-refractivity contribution is -0.278. The van der Waals surface area contributed by atoms with Crippen LogP contribution < -0.4 is 10.2 Å². The van der Waals surface area contributed by atoms with Crippen LogP contribution in [0.4, 0.5) is 26.3 Å². The summed E-state index contributed by atoms with van der Waals surface area (Å²) in [5.41, 5.74) is -4.38. The van der Waals surface area contributed by atoms with Crippen LogP contribution in [0.25, 0.3) is 0 Å². The zero-order valence-corrected chi connectivity index (χ0v) is 8.32. The summed E-state index contributed by atoms with van der Waals surface area (Å²) in [7, 11) is 0. The third-order valence-electron chi connectivity index (χ3n) is 1.72. The monoisotopic (exact) mass is 277 g/mol. The second-order valence-electron chi connectivity index (χ2n) is 3.07. The van der Waals surface area contributed by atoms with E-state index in [0.29, 0.717) is 6.07 Å². The topological polar surface area (TPSA) is 62.3 Å². The predicted octanol–water partition coefficient (Wildman–Crippen LogP) is 1.78. The molecule has 1 heterocycles. The van der Waals surface area contributed by atoms with Gasteiger partial charge in [-0.2, -0.15) is 13.2 Å². The van der Waals surface area contributed by atoms with E-state index in [9.17, 15) is 31.1 Å². The second kappa shape index (κ2) is 4.52. The molecule has 1 rings (SSSR count). The van der Waals surface area contributed by atoms with Crippen molar-refractivity contribution in [1.29, 1.82) is 0 Å². The summed E-state index contributed by atoms with van der Waals surface area (Å²) in [6.45, 7) is -0.943. The van der Waals surface area contributed by atoms with Crippen LogP contribution in [0.3, 0.4) is 0 Å². The first-order chi connectivity index (χ1) is 8.04. The largest absolute Gasteiger partial charge is 0.574 e. The summed E-state index contributed by atoms with van der Waals surface area (Å²) in [6, 6.07) is 0.339. The van der Waals surface area contributed by atoms with Gasteiger partial charge in [0.05, 0.1) is 6.61 Å². The maximum Gasteiger partial charge on any atom is 0.574 e. The number of hydrogen-bond donors (Lipinski definition) is 2. The molecule has 0 radical (unpaired) electrons. The maximum atomic E-state index is 12.4. The van der Waals surface area contributed by atoms with Crippen molar-refractivity contribution in [2.45, 2.75) is 19.1 Å². The summed E-state index contributed by atoms with van der Waals surface area (Å²) in [5.74, 6) is -1.80. The number of ether oxygens (including phenoxy) is 1. The van der Waals surface area contributed by atoms with Crippen LogP contribution in [0.2, 0.25) is 0 Å². The molecule has 0 fully saturated rings. The minimum Gasteiger partial charge on any atom is -0.390 e. The Morgan fingerprint density at radius 2 is 1.78 bits per heavy atom. The first-order valence-electron chi connectivity index (χ1n) is 4.24. The van der Waals surface area contributed by atoms with E-state index in [1.807, 2.05) is 0 Å². The fourth-order valence-electron chi connectivity index (χ4n) is 1.13.